The highest BCUT2D eigenvalue weighted by Crippen LogP contribution is 2.18. The van der Waals surface area contributed by atoms with Gasteiger partial charge in [0.05, 0.1) is 11.6 Å². The number of hydrogen-bond acceptors (Lipinski definition) is 6. The highest BCUT2D eigenvalue weighted by Gasteiger charge is 2.13. The molecule has 0 amide bonds. The monoisotopic (exact) mass is 311 g/mol. The van der Waals surface area contributed by atoms with Crippen LogP contribution in [0.25, 0.3) is 5.82 Å². The molecule has 0 unspecified atom stereocenters. The first kappa shape index (κ1) is 12.5. The molecule has 0 fully saturated rings. The van der Waals surface area contributed by atoms with E-state index < -0.39 is 5.97 Å². The summed E-state index contributed by atoms with van der Waals surface area (Å²) in [6.45, 7) is 1.75. The summed E-state index contributed by atoms with van der Waals surface area (Å²) in [7, 11) is 1.27. The number of aromatic nitrogens is 4. The number of nitrogens with two attached hydrogens (primary N) is 1. The van der Waals surface area contributed by atoms with Crippen LogP contribution in [0.4, 0.5) is 5.82 Å². The number of methoxy groups -OCH3 is 1. The molecule has 0 aliphatic heterocycles. The standard InChI is InChI=1S/C10H10BrN5O2/c1-5-3-7(14-9(13-5)10(17)18-2)16-4-6(11)8(12)15-16/h3-4H,1-2H3,(H2,12,15). The van der Waals surface area contributed by atoms with Crippen LogP contribution in [0.2, 0.25) is 0 Å². The molecule has 0 aliphatic carbocycles. The van der Waals surface area contributed by atoms with Gasteiger partial charge in [0, 0.05) is 18.0 Å². The molecule has 2 aromatic rings. The van der Waals surface area contributed by atoms with Gasteiger partial charge in [-0.1, -0.05) is 0 Å². The first-order valence-corrected chi connectivity index (χ1v) is 5.75. The molecule has 0 bridgehead atoms. The Balaban J connectivity index is 2.51. The molecule has 0 aromatic carbocycles. The Bertz CT molecular complexity index is 591. The van der Waals surface area contributed by atoms with E-state index in [0.29, 0.717) is 21.8 Å². The highest BCUT2D eigenvalue weighted by atomic mass is 79.9. The predicted molar refractivity (Wildman–Crippen MR) is 67.3 cm³/mol. The van der Waals surface area contributed by atoms with E-state index in [-0.39, 0.29) is 5.82 Å². The van der Waals surface area contributed by atoms with Crippen molar-refractivity contribution in [2.45, 2.75) is 6.92 Å². The van der Waals surface area contributed by atoms with E-state index in [0.717, 1.165) is 0 Å². The first-order valence-electron chi connectivity index (χ1n) is 4.96. The summed E-state index contributed by atoms with van der Waals surface area (Å²) >= 11 is 3.25. The van der Waals surface area contributed by atoms with Gasteiger partial charge in [-0.15, -0.1) is 5.10 Å². The lowest BCUT2D eigenvalue weighted by molar-refractivity contribution is 0.0586. The van der Waals surface area contributed by atoms with Gasteiger partial charge >= 0.3 is 5.97 Å². The normalized spacial score (nSPS) is 10.4. The third-order valence-corrected chi connectivity index (χ3v) is 2.75. The van der Waals surface area contributed by atoms with Crippen molar-refractivity contribution in [1.29, 1.82) is 0 Å². The van der Waals surface area contributed by atoms with Crippen molar-refractivity contribution in [3.05, 3.63) is 28.3 Å². The van der Waals surface area contributed by atoms with Crippen molar-refractivity contribution in [1.82, 2.24) is 19.7 Å². The number of nitrogens with zero attached hydrogens (tertiary/aromatic N) is 4. The molecule has 2 N–H and O–H groups in total. The molecule has 0 atom stereocenters. The Hall–Kier alpha value is -1.96. The lowest BCUT2D eigenvalue weighted by atomic mass is 10.4. The summed E-state index contributed by atoms with van der Waals surface area (Å²) in [6, 6.07) is 1.69. The molecule has 18 heavy (non-hydrogen) atoms. The zero-order chi connectivity index (χ0) is 13.3. The SMILES string of the molecule is COC(=O)c1nc(C)cc(-n2cc(Br)c(N)n2)n1. The van der Waals surface area contributed by atoms with E-state index in [2.05, 4.69) is 35.7 Å². The van der Waals surface area contributed by atoms with Crippen LogP contribution in [0.5, 0.6) is 0 Å². The molecule has 0 saturated heterocycles. The first-order chi connectivity index (χ1) is 8.51. The van der Waals surface area contributed by atoms with Gasteiger partial charge in [0.1, 0.15) is 0 Å². The number of rotatable bonds is 2. The molecule has 0 radical (unpaired) electrons. The number of hydrogen-bond donors (Lipinski definition) is 1. The average molecular weight is 312 g/mol. The maximum Gasteiger partial charge on any atom is 0.376 e. The van der Waals surface area contributed by atoms with E-state index in [1.165, 1.54) is 11.8 Å². The molecule has 94 valence electrons. The van der Waals surface area contributed by atoms with Crippen molar-refractivity contribution in [3.8, 4) is 5.82 Å². The Kier molecular flexibility index (Phi) is 3.28. The maximum atomic E-state index is 11.4. The second-order valence-electron chi connectivity index (χ2n) is 3.49. The number of esters is 1. The molecular formula is C10H10BrN5O2. The number of anilines is 1. The minimum absolute atomic E-state index is 0.0160. The molecular weight excluding hydrogens is 302 g/mol. The summed E-state index contributed by atoms with van der Waals surface area (Å²) in [5.74, 6) is 0.169. The van der Waals surface area contributed by atoms with Gasteiger partial charge in [0.15, 0.2) is 11.6 Å². The summed E-state index contributed by atoms with van der Waals surface area (Å²) in [5.41, 5.74) is 6.26. The third kappa shape index (κ3) is 2.33. The number of halogens is 1. The van der Waals surface area contributed by atoms with Crippen LogP contribution < -0.4 is 5.73 Å². The Labute approximate surface area is 111 Å². The molecule has 7 nitrogen and oxygen atoms in total. The Morgan fingerprint density at radius 1 is 1.50 bits per heavy atom. The van der Waals surface area contributed by atoms with Crippen LogP contribution in [0.1, 0.15) is 16.3 Å². The summed E-state index contributed by atoms with van der Waals surface area (Å²) in [6.07, 6.45) is 1.65. The minimum Gasteiger partial charge on any atom is -0.463 e. The van der Waals surface area contributed by atoms with Gasteiger partial charge < -0.3 is 10.5 Å². The van der Waals surface area contributed by atoms with E-state index in [4.69, 9.17) is 5.73 Å². The summed E-state index contributed by atoms with van der Waals surface area (Å²) in [4.78, 5) is 19.5. The van der Waals surface area contributed by atoms with Gasteiger partial charge in [0.2, 0.25) is 5.82 Å². The zero-order valence-electron chi connectivity index (χ0n) is 9.72. The van der Waals surface area contributed by atoms with Gasteiger partial charge in [-0.2, -0.15) is 0 Å². The second-order valence-corrected chi connectivity index (χ2v) is 4.34. The van der Waals surface area contributed by atoms with Crippen molar-refractivity contribution in [2.75, 3.05) is 12.8 Å². The van der Waals surface area contributed by atoms with Crippen molar-refractivity contribution < 1.29 is 9.53 Å². The van der Waals surface area contributed by atoms with Crippen molar-refractivity contribution in [2.24, 2.45) is 0 Å². The topological polar surface area (TPSA) is 95.9 Å². The van der Waals surface area contributed by atoms with Gasteiger partial charge in [-0.25, -0.2) is 19.4 Å². The number of aryl methyl sites for hydroxylation is 1. The second kappa shape index (κ2) is 4.73. The maximum absolute atomic E-state index is 11.4. The van der Waals surface area contributed by atoms with Crippen LogP contribution in [-0.2, 0) is 4.74 Å². The van der Waals surface area contributed by atoms with Crippen LogP contribution in [0.15, 0.2) is 16.7 Å². The Morgan fingerprint density at radius 2 is 2.22 bits per heavy atom. The molecule has 0 aliphatic rings. The van der Waals surface area contributed by atoms with Crippen LogP contribution in [0, 0.1) is 6.92 Å². The van der Waals surface area contributed by atoms with Crippen LogP contribution in [0.3, 0.4) is 0 Å². The summed E-state index contributed by atoms with van der Waals surface area (Å²) < 4.78 is 6.69. The molecule has 8 heteroatoms. The fourth-order valence-electron chi connectivity index (χ4n) is 1.34. The number of nitrogen functional groups attached to an aromatic ring is 1. The predicted octanol–water partition coefficient (Wildman–Crippen LogP) is 1.10. The average Bonchev–Trinajstić information content (AvgIpc) is 2.68. The fraction of sp³-hybridized carbons (Fsp3) is 0.200. The van der Waals surface area contributed by atoms with Crippen LogP contribution >= 0.6 is 15.9 Å². The molecule has 2 heterocycles. The van der Waals surface area contributed by atoms with E-state index in [1.807, 2.05) is 0 Å². The lowest BCUT2D eigenvalue weighted by Gasteiger charge is -2.04. The number of ether oxygens (including phenoxy) is 1. The molecule has 0 saturated carbocycles. The smallest absolute Gasteiger partial charge is 0.376 e. The van der Waals surface area contributed by atoms with E-state index in [1.54, 1.807) is 19.2 Å². The highest BCUT2D eigenvalue weighted by molar-refractivity contribution is 9.10. The lowest BCUT2D eigenvalue weighted by Crippen LogP contribution is -2.11. The molecule has 2 aromatic heterocycles. The van der Waals surface area contributed by atoms with Gasteiger partial charge in [0.25, 0.3) is 0 Å². The van der Waals surface area contributed by atoms with Crippen molar-refractivity contribution >= 4 is 27.7 Å². The van der Waals surface area contributed by atoms with E-state index >= 15 is 0 Å². The van der Waals surface area contributed by atoms with Gasteiger partial charge in [-0.05, 0) is 22.9 Å². The minimum atomic E-state index is -0.598. The van der Waals surface area contributed by atoms with Crippen LogP contribution in [-0.4, -0.2) is 32.8 Å². The fourth-order valence-corrected chi connectivity index (χ4v) is 1.61. The number of carbonyl (C=O) groups is 1. The number of carbonyl (C=O) groups excluding carboxylic acids is 1. The van der Waals surface area contributed by atoms with E-state index in [9.17, 15) is 4.79 Å². The molecule has 0 spiro atoms. The summed E-state index contributed by atoms with van der Waals surface area (Å²) in [5, 5.41) is 4.05. The molecule has 2 rings (SSSR count). The van der Waals surface area contributed by atoms with Gasteiger partial charge in [-0.3, -0.25) is 0 Å². The third-order valence-electron chi connectivity index (χ3n) is 2.14. The largest absolute Gasteiger partial charge is 0.463 e. The zero-order valence-corrected chi connectivity index (χ0v) is 11.3. The quantitative estimate of drug-likeness (QED) is 0.834. The Morgan fingerprint density at radius 3 is 2.78 bits per heavy atom. The van der Waals surface area contributed by atoms with Crippen molar-refractivity contribution in [3.63, 3.8) is 0 Å².